The SMILES string of the molecule is C=C(C)CN(C)Cc1ccc(C(C)CN)cc1. The molecule has 0 aromatic heterocycles. The fraction of sp³-hybridized carbons (Fsp3) is 0.467. The molecule has 2 nitrogen and oxygen atoms in total. The number of rotatable bonds is 6. The van der Waals surface area contributed by atoms with Crippen molar-refractivity contribution in [2.45, 2.75) is 26.3 Å². The average Bonchev–Trinajstić information content (AvgIpc) is 2.28. The zero-order valence-electron chi connectivity index (χ0n) is 11.2. The molecule has 1 rings (SSSR count). The maximum atomic E-state index is 5.66. The summed E-state index contributed by atoms with van der Waals surface area (Å²) in [7, 11) is 2.12. The zero-order chi connectivity index (χ0) is 12.8. The first-order valence-electron chi connectivity index (χ1n) is 6.14. The maximum absolute atomic E-state index is 5.66. The van der Waals surface area contributed by atoms with E-state index in [1.165, 1.54) is 16.7 Å². The third-order valence-corrected chi connectivity index (χ3v) is 2.89. The second-order valence-electron chi connectivity index (χ2n) is 5.01. The molecule has 1 atom stereocenters. The molecule has 2 heteroatoms. The van der Waals surface area contributed by atoms with Crippen LogP contribution in [0.15, 0.2) is 36.4 Å². The summed E-state index contributed by atoms with van der Waals surface area (Å²) in [6.07, 6.45) is 0. The van der Waals surface area contributed by atoms with Gasteiger partial charge < -0.3 is 5.73 Å². The van der Waals surface area contributed by atoms with Crippen LogP contribution in [0.25, 0.3) is 0 Å². The Labute approximate surface area is 105 Å². The Morgan fingerprint density at radius 1 is 1.35 bits per heavy atom. The number of likely N-dealkylation sites (N-methyl/N-ethyl adjacent to an activating group) is 1. The maximum Gasteiger partial charge on any atom is 0.0234 e. The summed E-state index contributed by atoms with van der Waals surface area (Å²) >= 11 is 0. The van der Waals surface area contributed by atoms with Crippen molar-refractivity contribution in [2.75, 3.05) is 20.1 Å². The van der Waals surface area contributed by atoms with Crippen molar-refractivity contribution in [3.05, 3.63) is 47.5 Å². The van der Waals surface area contributed by atoms with Crippen LogP contribution in [-0.4, -0.2) is 25.0 Å². The van der Waals surface area contributed by atoms with Crippen LogP contribution in [0.4, 0.5) is 0 Å². The third-order valence-electron chi connectivity index (χ3n) is 2.89. The van der Waals surface area contributed by atoms with Crippen molar-refractivity contribution in [2.24, 2.45) is 5.73 Å². The van der Waals surface area contributed by atoms with Gasteiger partial charge in [-0.05, 0) is 37.6 Å². The van der Waals surface area contributed by atoms with Crippen LogP contribution in [0.2, 0.25) is 0 Å². The van der Waals surface area contributed by atoms with Gasteiger partial charge in [0, 0.05) is 13.1 Å². The minimum atomic E-state index is 0.442. The lowest BCUT2D eigenvalue weighted by Gasteiger charge is -2.17. The number of hydrogen-bond acceptors (Lipinski definition) is 2. The molecule has 0 saturated heterocycles. The number of nitrogens with zero attached hydrogens (tertiary/aromatic N) is 1. The van der Waals surface area contributed by atoms with E-state index in [1.54, 1.807) is 0 Å². The van der Waals surface area contributed by atoms with E-state index in [4.69, 9.17) is 5.73 Å². The lowest BCUT2D eigenvalue weighted by Crippen LogP contribution is -2.19. The first kappa shape index (κ1) is 13.9. The van der Waals surface area contributed by atoms with Gasteiger partial charge in [-0.25, -0.2) is 0 Å². The van der Waals surface area contributed by atoms with Gasteiger partial charge in [0.05, 0.1) is 0 Å². The predicted molar refractivity (Wildman–Crippen MR) is 75.1 cm³/mol. The van der Waals surface area contributed by atoms with Crippen molar-refractivity contribution in [1.29, 1.82) is 0 Å². The summed E-state index contributed by atoms with van der Waals surface area (Å²) in [4.78, 5) is 2.27. The second kappa shape index (κ2) is 6.58. The molecule has 94 valence electrons. The van der Waals surface area contributed by atoms with Gasteiger partial charge in [0.2, 0.25) is 0 Å². The quantitative estimate of drug-likeness (QED) is 0.764. The lowest BCUT2D eigenvalue weighted by molar-refractivity contribution is 0.355. The second-order valence-corrected chi connectivity index (χ2v) is 5.01. The van der Waals surface area contributed by atoms with E-state index in [1.807, 2.05) is 0 Å². The first-order valence-corrected chi connectivity index (χ1v) is 6.14. The highest BCUT2D eigenvalue weighted by Gasteiger charge is 2.04. The van der Waals surface area contributed by atoms with Crippen LogP contribution in [0, 0.1) is 0 Å². The monoisotopic (exact) mass is 232 g/mol. The number of benzene rings is 1. The molecule has 0 aliphatic rings. The van der Waals surface area contributed by atoms with E-state index in [9.17, 15) is 0 Å². The Morgan fingerprint density at radius 3 is 2.41 bits per heavy atom. The molecule has 0 saturated carbocycles. The largest absolute Gasteiger partial charge is 0.330 e. The van der Waals surface area contributed by atoms with Crippen molar-refractivity contribution in [3.63, 3.8) is 0 Å². The standard InChI is InChI=1S/C15H24N2/c1-12(2)10-17(4)11-14-5-7-15(8-6-14)13(3)9-16/h5-8,13H,1,9-11,16H2,2-4H3. The van der Waals surface area contributed by atoms with Crippen LogP contribution in [0.1, 0.15) is 30.9 Å². The molecule has 0 spiro atoms. The number of nitrogens with two attached hydrogens (primary N) is 1. The number of hydrogen-bond donors (Lipinski definition) is 1. The molecule has 0 radical (unpaired) electrons. The zero-order valence-corrected chi connectivity index (χ0v) is 11.2. The summed E-state index contributed by atoms with van der Waals surface area (Å²) in [6.45, 7) is 10.8. The molecule has 17 heavy (non-hydrogen) atoms. The third kappa shape index (κ3) is 4.72. The van der Waals surface area contributed by atoms with Gasteiger partial charge in [-0.1, -0.05) is 43.3 Å². The Kier molecular flexibility index (Phi) is 5.39. The van der Waals surface area contributed by atoms with Crippen molar-refractivity contribution in [3.8, 4) is 0 Å². The van der Waals surface area contributed by atoms with E-state index in [-0.39, 0.29) is 0 Å². The van der Waals surface area contributed by atoms with Gasteiger partial charge >= 0.3 is 0 Å². The topological polar surface area (TPSA) is 29.3 Å². The van der Waals surface area contributed by atoms with Crippen LogP contribution < -0.4 is 5.73 Å². The van der Waals surface area contributed by atoms with Gasteiger partial charge in [0.15, 0.2) is 0 Å². The van der Waals surface area contributed by atoms with E-state index < -0.39 is 0 Å². The molecule has 0 fully saturated rings. The molecule has 0 aliphatic heterocycles. The van der Waals surface area contributed by atoms with Gasteiger partial charge in [-0.3, -0.25) is 4.90 Å². The fourth-order valence-electron chi connectivity index (χ4n) is 1.92. The molecule has 0 aliphatic carbocycles. The minimum Gasteiger partial charge on any atom is -0.330 e. The van der Waals surface area contributed by atoms with Crippen molar-refractivity contribution in [1.82, 2.24) is 4.90 Å². The van der Waals surface area contributed by atoms with Crippen molar-refractivity contribution < 1.29 is 0 Å². The molecule has 2 N–H and O–H groups in total. The highest BCUT2D eigenvalue weighted by Crippen LogP contribution is 2.15. The Morgan fingerprint density at radius 2 is 1.94 bits per heavy atom. The molecule has 1 aromatic rings. The summed E-state index contributed by atoms with van der Waals surface area (Å²) in [6, 6.07) is 8.75. The summed E-state index contributed by atoms with van der Waals surface area (Å²) in [5.41, 5.74) is 9.51. The molecule has 0 amide bonds. The molecule has 1 aromatic carbocycles. The van der Waals surface area contributed by atoms with Crippen LogP contribution in [0.3, 0.4) is 0 Å². The van der Waals surface area contributed by atoms with E-state index in [0.29, 0.717) is 12.5 Å². The van der Waals surface area contributed by atoms with Crippen LogP contribution >= 0.6 is 0 Å². The molecule has 1 unspecified atom stereocenters. The first-order chi connectivity index (χ1) is 8.02. The lowest BCUT2D eigenvalue weighted by atomic mass is 10.00. The smallest absolute Gasteiger partial charge is 0.0234 e. The Hall–Kier alpha value is -1.12. The highest BCUT2D eigenvalue weighted by molar-refractivity contribution is 5.25. The molecule has 0 heterocycles. The Bertz CT molecular complexity index is 354. The van der Waals surface area contributed by atoms with Crippen molar-refractivity contribution >= 4 is 0 Å². The highest BCUT2D eigenvalue weighted by atomic mass is 15.1. The van der Waals surface area contributed by atoms with Gasteiger partial charge in [0.1, 0.15) is 0 Å². The summed E-state index contributed by atoms with van der Waals surface area (Å²) in [5, 5.41) is 0. The van der Waals surface area contributed by atoms with Gasteiger partial charge in [-0.2, -0.15) is 0 Å². The van der Waals surface area contributed by atoms with Gasteiger partial charge in [0.25, 0.3) is 0 Å². The molecular weight excluding hydrogens is 208 g/mol. The van der Waals surface area contributed by atoms with Gasteiger partial charge in [-0.15, -0.1) is 0 Å². The molecular formula is C15H24N2. The summed E-state index contributed by atoms with van der Waals surface area (Å²) < 4.78 is 0. The normalized spacial score (nSPS) is 12.8. The minimum absolute atomic E-state index is 0.442. The average molecular weight is 232 g/mol. The fourth-order valence-corrected chi connectivity index (χ4v) is 1.92. The Balaban J connectivity index is 2.59. The van der Waals surface area contributed by atoms with E-state index in [2.05, 4.69) is 56.6 Å². The van der Waals surface area contributed by atoms with Crippen LogP contribution in [0.5, 0.6) is 0 Å². The van der Waals surface area contributed by atoms with E-state index in [0.717, 1.165) is 13.1 Å². The molecule has 0 bridgehead atoms. The predicted octanol–water partition coefficient (Wildman–Crippen LogP) is 2.76. The van der Waals surface area contributed by atoms with Crippen LogP contribution in [-0.2, 0) is 6.54 Å². The van der Waals surface area contributed by atoms with E-state index >= 15 is 0 Å². The summed E-state index contributed by atoms with van der Waals surface area (Å²) in [5.74, 6) is 0.442.